The highest BCUT2D eigenvalue weighted by atomic mass is 32.1. The van der Waals surface area contributed by atoms with E-state index in [2.05, 4.69) is 25.6 Å². The van der Waals surface area contributed by atoms with Crippen molar-refractivity contribution in [1.29, 1.82) is 0 Å². The molecule has 0 spiro atoms. The third kappa shape index (κ3) is 2.15. The molecule has 4 rings (SSSR count). The molecule has 4 aromatic heterocycles. The van der Waals surface area contributed by atoms with E-state index in [-0.39, 0.29) is 11.6 Å². The summed E-state index contributed by atoms with van der Waals surface area (Å²) >= 11 is 1.37. The fourth-order valence-electron chi connectivity index (χ4n) is 2.09. The average molecular weight is 310 g/mol. The van der Waals surface area contributed by atoms with Crippen LogP contribution in [0.5, 0.6) is 0 Å². The highest BCUT2D eigenvalue weighted by Gasteiger charge is 2.17. The van der Waals surface area contributed by atoms with E-state index in [1.807, 2.05) is 23.6 Å². The molecular weight excluding hydrogens is 300 g/mol. The first-order valence-corrected chi connectivity index (χ1v) is 7.39. The maximum atomic E-state index is 12.5. The Morgan fingerprint density at radius 1 is 1.27 bits per heavy atom. The van der Waals surface area contributed by atoms with Crippen molar-refractivity contribution in [2.45, 2.75) is 0 Å². The topological polar surface area (TPSA) is 88.0 Å². The zero-order valence-corrected chi connectivity index (χ0v) is 12.0. The summed E-state index contributed by atoms with van der Waals surface area (Å²) in [4.78, 5) is 17.4. The fourth-order valence-corrected chi connectivity index (χ4v) is 2.75. The van der Waals surface area contributed by atoms with Crippen LogP contribution in [0.2, 0.25) is 0 Å². The molecule has 0 aromatic carbocycles. The third-order valence-corrected chi connectivity index (χ3v) is 3.96. The third-order valence-electron chi connectivity index (χ3n) is 3.09. The second kappa shape index (κ2) is 5.08. The molecule has 0 radical (unpaired) electrons. The van der Waals surface area contributed by atoms with Crippen LogP contribution in [0.3, 0.4) is 0 Å². The van der Waals surface area contributed by atoms with Crippen molar-refractivity contribution < 1.29 is 4.79 Å². The van der Waals surface area contributed by atoms with E-state index in [0.717, 1.165) is 5.52 Å². The van der Waals surface area contributed by atoms with E-state index in [9.17, 15) is 4.79 Å². The number of carbonyl (C=O) groups is 1. The van der Waals surface area contributed by atoms with Crippen molar-refractivity contribution in [3.8, 4) is 0 Å². The van der Waals surface area contributed by atoms with Crippen LogP contribution in [-0.4, -0.2) is 30.6 Å². The molecule has 0 fully saturated rings. The van der Waals surface area contributed by atoms with Crippen molar-refractivity contribution in [3.63, 3.8) is 0 Å². The second-order valence-electron chi connectivity index (χ2n) is 4.52. The minimum atomic E-state index is -0.196. The first kappa shape index (κ1) is 12.7. The van der Waals surface area contributed by atoms with Gasteiger partial charge in [0.2, 0.25) is 11.6 Å². The molecule has 0 aliphatic rings. The lowest BCUT2D eigenvalue weighted by atomic mass is 10.3. The van der Waals surface area contributed by atoms with E-state index < -0.39 is 0 Å². The number of aromatic amines is 1. The molecule has 0 atom stereocenters. The molecule has 0 saturated heterocycles. The van der Waals surface area contributed by atoms with Crippen molar-refractivity contribution >= 4 is 34.3 Å². The minimum Gasteiger partial charge on any atom is -0.323 e. The van der Waals surface area contributed by atoms with E-state index in [1.165, 1.54) is 11.3 Å². The molecule has 0 bridgehead atoms. The summed E-state index contributed by atoms with van der Waals surface area (Å²) < 4.78 is 1.63. The maximum Gasteiger partial charge on any atom is 0.242 e. The number of nitrogens with zero attached hydrogens (tertiary/aromatic N) is 4. The molecule has 4 aromatic rings. The summed E-state index contributed by atoms with van der Waals surface area (Å²) in [5.74, 6) is 1.19. The van der Waals surface area contributed by atoms with Gasteiger partial charge in [-0.1, -0.05) is 6.07 Å². The van der Waals surface area contributed by atoms with Crippen LogP contribution in [0, 0.1) is 0 Å². The number of thiophene rings is 1. The van der Waals surface area contributed by atoms with Crippen LogP contribution in [0.25, 0.3) is 5.52 Å². The fraction of sp³-hybridized carbons (Fsp3) is 0. The SMILES string of the molecule is O=C(c1nc(Nc2ccn[nH]2)c2cccn2n1)c1cccs1. The largest absolute Gasteiger partial charge is 0.323 e. The number of hydrogen-bond acceptors (Lipinski definition) is 6. The van der Waals surface area contributed by atoms with Gasteiger partial charge in [-0.25, -0.2) is 9.50 Å². The predicted octanol–water partition coefficient (Wildman–Crippen LogP) is 2.49. The Labute approximate surface area is 128 Å². The summed E-state index contributed by atoms with van der Waals surface area (Å²) in [5, 5.41) is 15.9. The molecular formula is C14H10N6OS. The maximum absolute atomic E-state index is 12.5. The number of nitrogens with one attached hydrogen (secondary N) is 2. The lowest BCUT2D eigenvalue weighted by Gasteiger charge is -2.07. The Balaban J connectivity index is 1.81. The van der Waals surface area contributed by atoms with Crippen LogP contribution in [0.1, 0.15) is 15.5 Å². The van der Waals surface area contributed by atoms with E-state index >= 15 is 0 Å². The van der Waals surface area contributed by atoms with Gasteiger partial charge >= 0.3 is 0 Å². The van der Waals surface area contributed by atoms with Crippen LogP contribution < -0.4 is 5.32 Å². The van der Waals surface area contributed by atoms with Crippen molar-refractivity contribution in [2.24, 2.45) is 0 Å². The van der Waals surface area contributed by atoms with Gasteiger partial charge in [-0.05, 0) is 23.6 Å². The smallest absolute Gasteiger partial charge is 0.242 e. The van der Waals surface area contributed by atoms with Gasteiger partial charge in [-0.2, -0.15) is 5.10 Å². The zero-order chi connectivity index (χ0) is 14.9. The Morgan fingerprint density at radius 2 is 2.23 bits per heavy atom. The molecule has 22 heavy (non-hydrogen) atoms. The van der Waals surface area contributed by atoms with Crippen LogP contribution in [-0.2, 0) is 0 Å². The molecule has 0 aliphatic carbocycles. The highest BCUT2D eigenvalue weighted by molar-refractivity contribution is 7.12. The standard InChI is InChI=1S/C14H10N6OS/c21-12(10-4-2-8-22-10)14-17-13(16-11-5-6-15-18-11)9-3-1-7-20(9)19-14/h1-8H,(H2,15,16,17,18,19). The second-order valence-corrected chi connectivity index (χ2v) is 5.47. The van der Waals surface area contributed by atoms with Crippen LogP contribution in [0.4, 0.5) is 11.6 Å². The lowest BCUT2D eigenvalue weighted by molar-refractivity contribution is 0.103. The Bertz CT molecular complexity index is 926. The summed E-state index contributed by atoms with van der Waals surface area (Å²) in [7, 11) is 0. The van der Waals surface area contributed by atoms with E-state index in [1.54, 1.807) is 29.0 Å². The Hall–Kier alpha value is -3.00. The number of anilines is 2. The molecule has 0 unspecified atom stereocenters. The number of hydrogen-bond donors (Lipinski definition) is 2. The average Bonchev–Trinajstić information content (AvgIpc) is 3.27. The van der Waals surface area contributed by atoms with E-state index in [4.69, 9.17) is 0 Å². The zero-order valence-electron chi connectivity index (χ0n) is 11.2. The highest BCUT2D eigenvalue weighted by Crippen LogP contribution is 2.20. The van der Waals surface area contributed by atoms with Gasteiger partial charge in [0.1, 0.15) is 11.3 Å². The van der Waals surface area contributed by atoms with Gasteiger partial charge in [0.25, 0.3) is 0 Å². The predicted molar refractivity (Wildman–Crippen MR) is 82.6 cm³/mol. The number of H-pyrrole nitrogens is 1. The van der Waals surface area contributed by atoms with Crippen molar-refractivity contribution in [2.75, 3.05) is 5.32 Å². The van der Waals surface area contributed by atoms with Gasteiger partial charge in [-0.15, -0.1) is 16.4 Å². The van der Waals surface area contributed by atoms with E-state index in [0.29, 0.717) is 16.5 Å². The van der Waals surface area contributed by atoms with Gasteiger partial charge in [0.05, 0.1) is 11.1 Å². The monoisotopic (exact) mass is 310 g/mol. The number of rotatable bonds is 4. The summed E-state index contributed by atoms with van der Waals surface area (Å²) in [6.45, 7) is 0. The normalized spacial score (nSPS) is 10.9. The minimum absolute atomic E-state index is 0.146. The number of ketones is 1. The molecule has 0 amide bonds. The van der Waals surface area contributed by atoms with Crippen LogP contribution >= 0.6 is 11.3 Å². The van der Waals surface area contributed by atoms with Gasteiger partial charge in [-0.3, -0.25) is 9.89 Å². The first-order chi connectivity index (χ1) is 10.8. The summed E-state index contributed by atoms with van der Waals surface area (Å²) in [5.41, 5.74) is 0.775. The van der Waals surface area contributed by atoms with Crippen molar-refractivity contribution in [1.82, 2.24) is 24.8 Å². The van der Waals surface area contributed by atoms with Gasteiger partial charge < -0.3 is 5.32 Å². The first-order valence-electron chi connectivity index (χ1n) is 6.51. The summed E-state index contributed by atoms with van der Waals surface area (Å²) in [6.07, 6.45) is 3.41. The Morgan fingerprint density at radius 3 is 3.00 bits per heavy atom. The molecule has 7 nitrogen and oxygen atoms in total. The molecule has 2 N–H and O–H groups in total. The molecule has 0 saturated carbocycles. The van der Waals surface area contributed by atoms with Gasteiger partial charge in [0.15, 0.2) is 5.82 Å². The molecule has 0 aliphatic heterocycles. The number of carbonyl (C=O) groups excluding carboxylic acids is 1. The molecule has 8 heteroatoms. The van der Waals surface area contributed by atoms with Gasteiger partial charge in [0, 0.05) is 12.3 Å². The summed E-state index contributed by atoms with van der Waals surface area (Å²) in [6, 6.07) is 9.09. The molecule has 108 valence electrons. The molecule has 4 heterocycles. The van der Waals surface area contributed by atoms with Crippen molar-refractivity contribution in [3.05, 3.63) is 58.8 Å². The lowest BCUT2D eigenvalue weighted by Crippen LogP contribution is -2.11. The Kier molecular flexibility index (Phi) is 2.94. The number of aromatic nitrogens is 5. The van der Waals surface area contributed by atoms with Crippen LogP contribution in [0.15, 0.2) is 48.1 Å². The quantitative estimate of drug-likeness (QED) is 0.565. The number of fused-ring (bicyclic) bond motifs is 1.